The minimum absolute atomic E-state index is 0.263. The number of fused-ring (bicyclic) bond motifs is 1. The number of carbonyl (C=O) groups excluding carboxylic acids is 1. The highest BCUT2D eigenvalue weighted by atomic mass is 19.1. The maximum Gasteiger partial charge on any atom is 0.343 e. The third kappa shape index (κ3) is 5.31. The summed E-state index contributed by atoms with van der Waals surface area (Å²) in [7, 11) is 0. The standard InChI is InChI=1S/C29H35FO2/c1-3-5-6-21-8-14-26(15-9-21)32-29(31)25-13-16-27(28(30)19-25)24-12-11-22-17-20(4-2)7-10-23(22)18-24/h3,8-9,13-16,19-20,22-24H,1,4-7,10-12,17-18H2,2H3/t20-,22-,23+,24?/m0/s1. The maximum atomic E-state index is 15.0. The van der Waals surface area contributed by atoms with E-state index < -0.39 is 5.97 Å². The van der Waals surface area contributed by atoms with Crippen molar-refractivity contribution in [3.63, 3.8) is 0 Å². The number of benzene rings is 2. The first-order valence-corrected chi connectivity index (χ1v) is 12.3. The van der Waals surface area contributed by atoms with Crippen LogP contribution in [0.5, 0.6) is 5.75 Å². The van der Waals surface area contributed by atoms with E-state index in [0.29, 0.717) is 5.75 Å². The summed E-state index contributed by atoms with van der Waals surface area (Å²) in [5, 5.41) is 0. The number of halogens is 1. The quantitative estimate of drug-likeness (QED) is 0.252. The molecule has 0 radical (unpaired) electrons. The molecule has 2 fully saturated rings. The highest BCUT2D eigenvalue weighted by Crippen LogP contribution is 2.48. The van der Waals surface area contributed by atoms with E-state index in [2.05, 4.69) is 13.5 Å². The molecule has 2 aromatic rings. The molecular weight excluding hydrogens is 399 g/mol. The number of carbonyl (C=O) groups is 1. The minimum Gasteiger partial charge on any atom is -0.423 e. The first-order valence-electron chi connectivity index (χ1n) is 12.3. The van der Waals surface area contributed by atoms with Crippen LogP contribution in [0.3, 0.4) is 0 Å². The SMILES string of the molecule is C=CCCc1ccc(OC(=O)c2ccc(C3CC[C@H]4C[C@@H](CC)CC[C@@H]4C3)c(F)c2)cc1. The molecule has 0 saturated heterocycles. The van der Waals surface area contributed by atoms with Crippen molar-refractivity contribution in [2.45, 2.75) is 70.6 Å². The molecule has 32 heavy (non-hydrogen) atoms. The third-order valence-electron chi connectivity index (χ3n) is 7.75. The molecule has 4 rings (SSSR count). The van der Waals surface area contributed by atoms with Crippen molar-refractivity contribution in [2.75, 3.05) is 0 Å². The lowest BCUT2D eigenvalue weighted by molar-refractivity contribution is 0.0734. The normalized spacial score (nSPS) is 25.1. The Balaban J connectivity index is 1.38. The van der Waals surface area contributed by atoms with Crippen molar-refractivity contribution in [3.8, 4) is 5.75 Å². The number of aryl methyl sites for hydroxylation is 1. The molecule has 0 N–H and O–H groups in total. The topological polar surface area (TPSA) is 26.3 Å². The lowest BCUT2D eigenvalue weighted by Gasteiger charge is -2.42. The van der Waals surface area contributed by atoms with Gasteiger partial charge >= 0.3 is 5.97 Å². The predicted molar refractivity (Wildman–Crippen MR) is 128 cm³/mol. The molecular formula is C29H35FO2. The first-order chi connectivity index (χ1) is 15.6. The summed E-state index contributed by atoms with van der Waals surface area (Å²) < 4.78 is 20.5. The fourth-order valence-electron chi connectivity index (χ4n) is 5.78. The number of esters is 1. The van der Waals surface area contributed by atoms with Crippen molar-refractivity contribution in [2.24, 2.45) is 17.8 Å². The molecule has 0 aromatic heterocycles. The van der Waals surface area contributed by atoms with E-state index in [1.54, 1.807) is 18.2 Å². The number of hydrogen-bond donors (Lipinski definition) is 0. The molecule has 2 aromatic carbocycles. The fourth-order valence-corrected chi connectivity index (χ4v) is 5.78. The Morgan fingerprint density at radius 2 is 1.81 bits per heavy atom. The van der Waals surface area contributed by atoms with Crippen LogP contribution in [0.1, 0.15) is 85.7 Å². The Hall–Kier alpha value is -2.42. The van der Waals surface area contributed by atoms with Crippen LogP contribution in [0.25, 0.3) is 0 Å². The number of ether oxygens (including phenoxy) is 1. The molecule has 2 saturated carbocycles. The van der Waals surface area contributed by atoms with Crippen molar-refractivity contribution >= 4 is 5.97 Å². The molecule has 0 bridgehead atoms. The van der Waals surface area contributed by atoms with Crippen LogP contribution in [0.4, 0.5) is 4.39 Å². The zero-order valence-electron chi connectivity index (χ0n) is 19.2. The summed E-state index contributed by atoms with van der Waals surface area (Å²) in [6, 6.07) is 12.3. The second-order valence-electron chi connectivity index (χ2n) is 9.71. The number of hydrogen-bond acceptors (Lipinski definition) is 2. The second-order valence-corrected chi connectivity index (χ2v) is 9.71. The molecule has 4 atom stereocenters. The van der Waals surface area contributed by atoms with Gasteiger partial charge in [0, 0.05) is 0 Å². The highest BCUT2D eigenvalue weighted by Gasteiger charge is 2.36. The van der Waals surface area contributed by atoms with Gasteiger partial charge in [-0.25, -0.2) is 9.18 Å². The van der Waals surface area contributed by atoms with E-state index in [0.717, 1.165) is 54.6 Å². The van der Waals surface area contributed by atoms with Crippen LogP contribution in [0.2, 0.25) is 0 Å². The van der Waals surface area contributed by atoms with E-state index in [1.807, 2.05) is 24.3 Å². The van der Waals surface area contributed by atoms with Gasteiger partial charge in [0.15, 0.2) is 0 Å². The van der Waals surface area contributed by atoms with Crippen LogP contribution in [0.15, 0.2) is 55.1 Å². The Morgan fingerprint density at radius 3 is 2.53 bits per heavy atom. The summed E-state index contributed by atoms with van der Waals surface area (Å²) in [6.45, 7) is 6.04. The van der Waals surface area contributed by atoms with Gasteiger partial charge in [-0.3, -0.25) is 0 Å². The molecule has 0 aliphatic heterocycles. The summed E-state index contributed by atoms with van der Waals surface area (Å²) in [4.78, 5) is 12.6. The molecule has 0 amide bonds. The highest BCUT2D eigenvalue weighted by molar-refractivity contribution is 5.91. The summed E-state index contributed by atoms with van der Waals surface area (Å²) in [5.41, 5.74) is 2.20. The zero-order chi connectivity index (χ0) is 22.5. The molecule has 1 unspecified atom stereocenters. The first kappa shape index (κ1) is 22.8. The van der Waals surface area contributed by atoms with E-state index in [4.69, 9.17) is 4.74 Å². The van der Waals surface area contributed by atoms with Gasteiger partial charge in [-0.05, 0) is 104 Å². The van der Waals surface area contributed by atoms with Gasteiger partial charge in [-0.15, -0.1) is 6.58 Å². The lowest BCUT2D eigenvalue weighted by atomic mass is 9.63. The van der Waals surface area contributed by atoms with Crippen LogP contribution >= 0.6 is 0 Å². The smallest absolute Gasteiger partial charge is 0.343 e. The molecule has 3 heteroatoms. The van der Waals surface area contributed by atoms with E-state index >= 15 is 4.39 Å². The van der Waals surface area contributed by atoms with E-state index in [1.165, 1.54) is 38.2 Å². The molecule has 0 heterocycles. The molecule has 0 spiro atoms. The maximum absolute atomic E-state index is 15.0. The van der Waals surface area contributed by atoms with Gasteiger partial charge in [-0.1, -0.05) is 44.0 Å². The lowest BCUT2D eigenvalue weighted by Crippen LogP contribution is -2.30. The van der Waals surface area contributed by atoms with Gasteiger partial charge in [0.05, 0.1) is 5.56 Å². The Labute approximate surface area is 191 Å². The Bertz CT molecular complexity index is 933. The van der Waals surface area contributed by atoms with Gasteiger partial charge in [-0.2, -0.15) is 0 Å². The number of allylic oxidation sites excluding steroid dienone is 1. The van der Waals surface area contributed by atoms with Gasteiger partial charge < -0.3 is 4.74 Å². The zero-order valence-corrected chi connectivity index (χ0v) is 19.2. The summed E-state index contributed by atoms with van der Waals surface area (Å²) >= 11 is 0. The van der Waals surface area contributed by atoms with Gasteiger partial charge in [0.2, 0.25) is 0 Å². The molecule has 170 valence electrons. The fraction of sp³-hybridized carbons (Fsp3) is 0.483. The van der Waals surface area contributed by atoms with Crippen molar-refractivity contribution in [1.29, 1.82) is 0 Å². The largest absolute Gasteiger partial charge is 0.423 e. The predicted octanol–water partition coefficient (Wildman–Crippen LogP) is 7.87. The Kier molecular flexibility index (Phi) is 7.44. The molecule has 2 aliphatic carbocycles. The van der Waals surface area contributed by atoms with Crippen molar-refractivity contribution < 1.29 is 13.9 Å². The van der Waals surface area contributed by atoms with Crippen molar-refractivity contribution in [3.05, 3.63) is 77.6 Å². The Morgan fingerprint density at radius 1 is 1.06 bits per heavy atom. The average Bonchev–Trinajstić information content (AvgIpc) is 2.82. The van der Waals surface area contributed by atoms with Crippen LogP contribution < -0.4 is 4.74 Å². The molecule has 2 aliphatic rings. The van der Waals surface area contributed by atoms with E-state index in [9.17, 15) is 4.79 Å². The minimum atomic E-state index is -0.518. The summed E-state index contributed by atoms with van der Waals surface area (Å²) in [6.07, 6.45) is 12.3. The third-order valence-corrected chi connectivity index (χ3v) is 7.75. The summed E-state index contributed by atoms with van der Waals surface area (Å²) in [5.74, 6) is 2.39. The van der Waals surface area contributed by atoms with E-state index in [-0.39, 0.29) is 17.3 Å². The van der Waals surface area contributed by atoms with Gasteiger partial charge in [0.25, 0.3) is 0 Å². The molecule has 2 nitrogen and oxygen atoms in total. The van der Waals surface area contributed by atoms with Crippen LogP contribution in [-0.2, 0) is 6.42 Å². The van der Waals surface area contributed by atoms with Gasteiger partial charge in [0.1, 0.15) is 11.6 Å². The van der Waals surface area contributed by atoms with Crippen molar-refractivity contribution in [1.82, 2.24) is 0 Å². The van der Waals surface area contributed by atoms with Crippen LogP contribution in [-0.4, -0.2) is 5.97 Å². The van der Waals surface area contributed by atoms with Crippen LogP contribution in [0, 0.1) is 23.6 Å². The monoisotopic (exact) mass is 434 g/mol. The second kappa shape index (κ2) is 10.5. The average molecular weight is 435 g/mol. The number of rotatable bonds is 7.